The largest absolute Gasteiger partial charge is 0.508 e. The Morgan fingerprint density at radius 2 is 1.89 bits per heavy atom. The first kappa shape index (κ1) is 14.9. The van der Waals surface area contributed by atoms with E-state index >= 15 is 0 Å². The van der Waals surface area contributed by atoms with Crippen molar-refractivity contribution in [3.8, 4) is 11.5 Å². The van der Waals surface area contributed by atoms with E-state index in [-0.39, 0.29) is 5.75 Å². The van der Waals surface area contributed by atoms with E-state index < -0.39 is 0 Å². The number of phenols is 1. The topological polar surface area (TPSA) is 29.5 Å². The molecule has 0 aliphatic rings. The van der Waals surface area contributed by atoms with E-state index in [1.165, 1.54) is 19.3 Å². The first-order valence-corrected chi connectivity index (χ1v) is 6.99. The molecule has 0 fully saturated rings. The summed E-state index contributed by atoms with van der Waals surface area (Å²) in [4.78, 5) is 0. The molecule has 0 heterocycles. The zero-order valence-corrected chi connectivity index (χ0v) is 11.9. The fourth-order valence-electron chi connectivity index (χ4n) is 1.97. The summed E-state index contributed by atoms with van der Waals surface area (Å²) in [5.41, 5.74) is 0. The van der Waals surface area contributed by atoms with Crippen molar-refractivity contribution in [2.24, 2.45) is 11.8 Å². The van der Waals surface area contributed by atoms with Crippen LogP contribution in [0.15, 0.2) is 24.3 Å². The van der Waals surface area contributed by atoms with Gasteiger partial charge in [-0.2, -0.15) is 0 Å². The number of ether oxygens (including phenoxy) is 1. The minimum atomic E-state index is 0.262. The fraction of sp³-hybridized carbons (Fsp3) is 0.625. The van der Waals surface area contributed by atoms with Gasteiger partial charge in [-0.3, -0.25) is 0 Å². The molecule has 0 aliphatic carbocycles. The molecule has 2 nitrogen and oxygen atoms in total. The van der Waals surface area contributed by atoms with Crippen LogP contribution in [0.1, 0.15) is 46.5 Å². The lowest BCUT2D eigenvalue weighted by molar-refractivity contribution is 0.274. The van der Waals surface area contributed by atoms with Gasteiger partial charge in [0.1, 0.15) is 11.5 Å². The van der Waals surface area contributed by atoms with E-state index in [2.05, 4.69) is 20.8 Å². The third kappa shape index (κ3) is 6.53. The van der Waals surface area contributed by atoms with Crippen molar-refractivity contribution in [3.63, 3.8) is 0 Å². The normalized spacial score (nSPS) is 12.7. The van der Waals surface area contributed by atoms with Gasteiger partial charge in [0.05, 0.1) is 6.61 Å². The van der Waals surface area contributed by atoms with E-state index in [4.69, 9.17) is 4.74 Å². The van der Waals surface area contributed by atoms with Gasteiger partial charge in [-0.15, -0.1) is 0 Å². The summed E-state index contributed by atoms with van der Waals surface area (Å²) >= 11 is 0. The molecule has 0 radical (unpaired) electrons. The molecule has 0 amide bonds. The molecule has 1 atom stereocenters. The number of aromatic hydroxyl groups is 1. The maximum atomic E-state index is 9.31. The van der Waals surface area contributed by atoms with Crippen LogP contribution in [-0.2, 0) is 0 Å². The second-order valence-electron chi connectivity index (χ2n) is 5.56. The number of hydrogen-bond acceptors (Lipinski definition) is 2. The molecular weight excluding hydrogens is 224 g/mol. The predicted octanol–water partition coefficient (Wildman–Crippen LogP) is 4.62. The highest BCUT2D eigenvalue weighted by Crippen LogP contribution is 2.19. The maximum absolute atomic E-state index is 9.31. The summed E-state index contributed by atoms with van der Waals surface area (Å²) < 4.78 is 5.62. The van der Waals surface area contributed by atoms with Crippen molar-refractivity contribution < 1.29 is 9.84 Å². The molecular formula is C16H26O2. The smallest absolute Gasteiger partial charge is 0.122 e. The first-order valence-electron chi connectivity index (χ1n) is 6.99. The SMILES string of the molecule is CC(C)CCCC(C)CCOc1cccc(O)c1. The van der Waals surface area contributed by atoms with Crippen molar-refractivity contribution >= 4 is 0 Å². The van der Waals surface area contributed by atoms with Crippen molar-refractivity contribution in [2.45, 2.75) is 46.5 Å². The van der Waals surface area contributed by atoms with Gasteiger partial charge < -0.3 is 9.84 Å². The third-order valence-corrected chi connectivity index (χ3v) is 3.18. The molecule has 0 bridgehead atoms. The maximum Gasteiger partial charge on any atom is 0.122 e. The lowest BCUT2D eigenvalue weighted by Gasteiger charge is -2.13. The average Bonchev–Trinajstić information content (AvgIpc) is 2.28. The van der Waals surface area contributed by atoms with Crippen LogP contribution < -0.4 is 4.74 Å². The van der Waals surface area contributed by atoms with E-state index in [1.807, 2.05) is 6.07 Å². The Bertz CT molecular complexity index is 334. The number of benzene rings is 1. The van der Waals surface area contributed by atoms with Gasteiger partial charge in [0.15, 0.2) is 0 Å². The molecule has 2 heteroatoms. The second kappa shape index (κ2) is 8.02. The van der Waals surface area contributed by atoms with Gasteiger partial charge in [0.25, 0.3) is 0 Å². The Morgan fingerprint density at radius 3 is 2.56 bits per heavy atom. The third-order valence-electron chi connectivity index (χ3n) is 3.18. The zero-order valence-electron chi connectivity index (χ0n) is 11.9. The Hall–Kier alpha value is -1.18. The minimum absolute atomic E-state index is 0.262. The van der Waals surface area contributed by atoms with Gasteiger partial charge in [-0.1, -0.05) is 46.1 Å². The Morgan fingerprint density at radius 1 is 1.11 bits per heavy atom. The standard InChI is InChI=1S/C16H26O2/c1-13(2)6-4-7-14(3)10-11-18-16-9-5-8-15(17)12-16/h5,8-9,12-14,17H,4,6-7,10-11H2,1-3H3. The highest BCUT2D eigenvalue weighted by atomic mass is 16.5. The summed E-state index contributed by atoms with van der Waals surface area (Å²) in [6.45, 7) is 7.56. The molecule has 1 unspecified atom stereocenters. The molecule has 0 spiro atoms. The number of hydrogen-bond donors (Lipinski definition) is 1. The highest BCUT2D eigenvalue weighted by molar-refractivity contribution is 5.31. The van der Waals surface area contributed by atoms with Crippen molar-refractivity contribution in [2.75, 3.05) is 6.61 Å². The summed E-state index contributed by atoms with van der Waals surface area (Å²) in [6.07, 6.45) is 4.98. The predicted molar refractivity (Wildman–Crippen MR) is 76.1 cm³/mol. The Labute approximate surface area is 111 Å². The first-order chi connectivity index (χ1) is 8.58. The van der Waals surface area contributed by atoms with Gasteiger partial charge >= 0.3 is 0 Å². The van der Waals surface area contributed by atoms with Crippen LogP contribution in [0.4, 0.5) is 0 Å². The molecule has 0 saturated carbocycles. The number of phenolic OH excluding ortho intramolecular Hbond substituents is 1. The van der Waals surface area contributed by atoms with Crippen molar-refractivity contribution in [1.29, 1.82) is 0 Å². The van der Waals surface area contributed by atoms with E-state index in [9.17, 15) is 5.11 Å². The minimum Gasteiger partial charge on any atom is -0.508 e. The fourth-order valence-corrected chi connectivity index (χ4v) is 1.97. The monoisotopic (exact) mass is 250 g/mol. The molecule has 102 valence electrons. The molecule has 0 aromatic heterocycles. The lowest BCUT2D eigenvalue weighted by Crippen LogP contribution is -2.04. The molecule has 18 heavy (non-hydrogen) atoms. The molecule has 1 aromatic rings. The second-order valence-corrected chi connectivity index (χ2v) is 5.56. The van der Waals surface area contributed by atoms with Gasteiger partial charge in [-0.05, 0) is 30.4 Å². The highest BCUT2D eigenvalue weighted by Gasteiger charge is 2.04. The Balaban J connectivity index is 2.13. The van der Waals surface area contributed by atoms with Gasteiger partial charge in [-0.25, -0.2) is 0 Å². The van der Waals surface area contributed by atoms with Gasteiger partial charge in [0, 0.05) is 6.07 Å². The van der Waals surface area contributed by atoms with Crippen LogP contribution in [-0.4, -0.2) is 11.7 Å². The Kier molecular flexibility index (Phi) is 6.63. The lowest BCUT2D eigenvalue weighted by atomic mass is 9.98. The summed E-state index contributed by atoms with van der Waals surface area (Å²) in [7, 11) is 0. The van der Waals surface area contributed by atoms with Crippen LogP contribution in [0.2, 0.25) is 0 Å². The van der Waals surface area contributed by atoms with Crippen LogP contribution in [0.5, 0.6) is 11.5 Å². The van der Waals surface area contributed by atoms with E-state index in [0.717, 1.165) is 24.7 Å². The van der Waals surface area contributed by atoms with Crippen LogP contribution in [0.3, 0.4) is 0 Å². The van der Waals surface area contributed by atoms with Crippen LogP contribution in [0.25, 0.3) is 0 Å². The molecule has 1 rings (SSSR count). The average molecular weight is 250 g/mol. The van der Waals surface area contributed by atoms with Crippen molar-refractivity contribution in [1.82, 2.24) is 0 Å². The van der Waals surface area contributed by atoms with E-state index in [0.29, 0.717) is 5.92 Å². The molecule has 1 aromatic carbocycles. The zero-order chi connectivity index (χ0) is 13.4. The molecule has 0 saturated heterocycles. The van der Waals surface area contributed by atoms with Crippen molar-refractivity contribution in [3.05, 3.63) is 24.3 Å². The van der Waals surface area contributed by atoms with E-state index in [1.54, 1.807) is 18.2 Å². The van der Waals surface area contributed by atoms with Crippen LogP contribution in [0, 0.1) is 11.8 Å². The van der Waals surface area contributed by atoms with Crippen LogP contribution >= 0.6 is 0 Å². The summed E-state index contributed by atoms with van der Waals surface area (Å²) in [5, 5.41) is 9.31. The van der Waals surface area contributed by atoms with Gasteiger partial charge in [0.2, 0.25) is 0 Å². The molecule has 0 aliphatic heterocycles. The molecule has 1 N–H and O–H groups in total. The number of rotatable bonds is 8. The summed E-state index contributed by atoms with van der Waals surface area (Å²) in [5.74, 6) is 2.53. The quantitative estimate of drug-likeness (QED) is 0.729. The summed E-state index contributed by atoms with van der Waals surface area (Å²) in [6, 6.07) is 6.99.